The van der Waals surface area contributed by atoms with Crippen molar-refractivity contribution in [3.05, 3.63) is 24.3 Å². The SMILES string of the molecule is CC[C@@H]1OC[C@H]2CN(C(=O)COc3ccccc3OC)CC[C@H]21. The highest BCUT2D eigenvalue weighted by molar-refractivity contribution is 5.78. The number of methoxy groups -OCH3 is 1. The van der Waals surface area contributed by atoms with Gasteiger partial charge in [-0.2, -0.15) is 0 Å². The summed E-state index contributed by atoms with van der Waals surface area (Å²) in [5.74, 6) is 2.37. The monoisotopic (exact) mass is 319 g/mol. The Bertz CT molecular complexity index is 548. The maximum Gasteiger partial charge on any atom is 0.260 e. The topological polar surface area (TPSA) is 48.0 Å². The molecule has 0 bridgehead atoms. The highest BCUT2D eigenvalue weighted by Gasteiger charge is 2.40. The molecule has 0 aliphatic carbocycles. The number of hydrogen-bond acceptors (Lipinski definition) is 4. The Morgan fingerprint density at radius 3 is 2.87 bits per heavy atom. The molecule has 5 nitrogen and oxygen atoms in total. The van der Waals surface area contributed by atoms with Crippen molar-refractivity contribution in [3.63, 3.8) is 0 Å². The van der Waals surface area contributed by atoms with E-state index in [9.17, 15) is 4.79 Å². The van der Waals surface area contributed by atoms with Gasteiger partial charge in [0.15, 0.2) is 18.1 Å². The average Bonchev–Trinajstić information content (AvgIpc) is 3.02. The molecule has 0 radical (unpaired) electrons. The van der Waals surface area contributed by atoms with Crippen LogP contribution in [0.3, 0.4) is 0 Å². The molecule has 2 aliphatic rings. The number of carbonyl (C=O) groups excluding carboxylic acids is 1. The van der Waals surface area contributed by atoms with Gasteiger partial charge in [0.2, 0.25) is 0 Å². The fourth-order valence-corrected chi connectivity index (χ4v) is 3.70. The van der Waals surface area contributed by atoms with Gasteiger partial charge in [0.1, 0.15) is 0 Å². The van der Waals surface area contributed by atoms with E-state index in [0.717, 1.165) is 32.5 Å². The summed E-state index contributed by atoms with van der Waals surface area (Å²) in [5, 5.41) is 0. The fourth-order valence-electron chi connectivity index (χ4n) is 3.70. The van der Waals surface area contributed by atoms with Gasteiger partial charge in [-0.05, 0) is 30.9 Å². The van der Waals surface area contributed by atoms with Crippen molar-refractivity contribution in [1.29, 1.82) is 0 Å². The van der Waals surface area contributed by atoms with Crippen LogP contribution in [0.5, 0.6) is 11.5 Å². The lowest BCUT2D eigenvalue weighted by atomic mass is 9.83. The fraction of sp³-hybridized carbons (Fsp3) is 0.611. The quantitative estimate of drug-likeness (QED) is 0.836. The van der Waals surface area contributed by atoms with E-state index in [4.69, 9.17) is 14.2 Å². The van der Waals surface area contributed by atoms with Crippen LogP contribution in [0.2, 0.25) is 0 Å². The Hall–Kier alpha value is -1.75. The van der Waals surface area contributed by atoms with E-state index in [1.807, 2.05) is 29.2 Å². The summed E-state index contributed by atoms with van der Waals surface area (Å²) in [6.45, 7) is 4.59. The second-order valence-corrected chi connectivity index (χ2v) is 6.27. The van der Waals surface area contributed by atoms with Crippen LogP contribution in [0, 0.1) is 11.8 Å². The Balaban J connectivity index is 1.53. The lowest BCUT2D eigenvalue weighted by Crippen LogP contribution is -2.46. The summed E-state index contributed by atoms with van der Waals surface area (Å²) in [7, 11) is 1.60. The van der Waals surface area contributed by atoms with Gasteiger partial charge < -0.3 is 19.1 Å². The Kier molecular flexibility index (Phi) is 5.06. The molecule has 0 aromatic heterocycles. The maximum absolute atomic E-state index is 12.4. The number of likely N-dealkylation sites (tertiary alicyclic amines) is 1. The summed E-state index contributed by atoms with van der Waals surface area (Å²) in [5.41, 5.74) is 0. The zero-order chi connectivity index (χ0) is 16.2. The van der Waals surface area contributed by atoms with Gasteiger partial charge >= 0.3 is 0 Å². The van der Waals surface area contributed by atoms with Gasteiger partial charge in [-0.15, -0.1) is 0 Å². The number of amides is 1. The first-order chi connectivity index (χ1) is 11.2. The van der Waals surface area contributed by atoms with Crippen molar-refractivity contribution >= 4 is 5.91 Å². The summed E-state index contributed by atoms with van der Waals surface area (Å²) in [6.07, 6.45) is 2.47. The molecule has 0 saturated carbocycles. The predicted octanol–water partition coefficient (Wildman–Crippen LogP) is 2.35. The van der Waals surface area contributed by atoms with E-state index >= 15 is 0 Å². The Morgan fingerprint density at radius 2 is 2.13 bits per heavy atom. The smallest absolute Gasteiger partial charge is 0.260 e. The number of nitrogens with zero attached hydrogens (tertiary/aromatic N) is 1. The summed E-state index contributed by atoms with van der Waals surface area (Å²) in [4.78, 5) is 14.3. The number of carbonyl (C=O) groups is 1. The standard InChI is InChI=1S/C18H25NO4/c1-3-15-14-8-9-19(10-13(14)11-22-15)18(20)12-23-17-7-5-4-6-16(17)21-2/h4-7,13-15H,3,8-12H2,1-2H3/t13-,14-,15+/m1/s1. The molecule has 0 spiro atoms. The molecular formula is C18H25NO4. The minimum Gasteiger partial charge on any atom is -0.493 e. The predicted molar refractivity (Wildman–Crippen MR) is 86.7 cm³/mol. The summed E-state index contributed by atoms with van der Waals surface area (Å²) >= 11 is 0. The molecule has 2 fully saturated rings. The number of ether oxygens (including phenoxy) is 3. The van der Waals surface area contributed by atoms with E-state index < -0.39 is 0 Å². The first kappa shape index (κ1) is 16.1. The van der Waals surface area contributed by atoms with E-state index in [0.29, 0.717) is 29.4 Å². The van der Waals surface area contributed by atoms with E-state index in [-0.39, 0.29) is 12.5 Å². The molecule has 2 aliphatic heterocycles. The van der Waals surface area contributed by atoms with Crippen LogP contribution in [-0.4, -0.2) is 50.3 Å². The van der Waals surface area contributed by atoms with Gasteiger partial charge in [0.25, 0.3) is 5.91 Å². The third-order valence-electron chi connectivity index (χ3n) is 4.97. The first-order valence-electron chi connectivity index (χ1n) is 8.38. The van der Waals surface area contributed by atoms with Gasteiger partial charge in [0.05, 0.1) is 19.8 Å². The zero-order valence-electron chi connectivity index (χ0n) is 13.9. The van der Waals surface area contributed by atoms with Crippen molar-refractivity contribution in [2.75, 3.05) is 33.4 Å². The second-order valence-electron chi connectivity index (χ2n) is 6.27. The minimum absolute atomic E-state index is 0.0364. The molecule has 1 aromatic carbocycles. The second kappa shape index (κ2) is 7.21. The van der Waals surface area contributed by atoms with Crippen molar-refractivity contribution in [2.45, 2.75) is 25.9 Å². The third kappa shape index (κ3) is 3.44. The first-order valence-corrected chi connectivity index (χ1v) is 8.38. The molecule has 1 amide bonds. The number of benzene rings is 1. The Morgan fingerprint density at radius 1 is 1.35 bits per heavy atom. The van der Waals surface area contributed by atoms with Crippen LogP contribution in [0.4, 0.5) is 0 Å². The molecule has 2 heterocycles. The van der Waals surface area contributed by atoms with E-state index in [1.165, 1.54) is 0 Å². The van der Waals surface area contributed by atoms with Crippen molar-refractivity contribution in [1.82, 2.24) is 4.90 Å². The summed E-state index contributed by atoms with van der Waals surface area (Å²) < 4.78 is 16.7. The van der Waals surface area contributed by atoms with Crippen LogP contribution < -0.4 is 9.47 Å². The van der Waals surface area contributed by atoms with Crippen molar-refractivity contribution in [2.24, 2.45) is 11.8 Å². The molecule has 2 saturated heterocycles. The van der Waals surface area contributed by atoms with Crippen molar-refractivity contribution in [3.8, 4) is 11.5 Å². The normalized spacial score (nSPS) is 26.7. The maximum atomic E-state index is 12.4. The molecule has 0 N–H and O–H groups in total. The zero-order valence-corrected chi connectivity index (χ0v) is 13.9. The van der Waals surface area contributed by atoms with Gasteiger partial charge in [-0.25, -0.2) is 0 Å². The lowest BCUT2D eigenvalue weighted by molar-refractivity contribution is -0.135. The Labute approximate surface area is 137 Å². The number of hydrogen-bond donors (Lipinski definition) is 0. The average molecular weight is 319 g/mol. The number of piperidine rings is 1. The number of rotatable bonds is 5. The summed E-state index contributed by atoms with van der Waals surface area (Å²) in [6, 6.07) is 7.39. The molecule has 1 aromatic rings. The molecular weight excluding hydrogens is 294 g/mol. The molecule has 3 rings (SSSR count). The third-order valence-corrected chi connectivity index (χ3v) is 4.97. The molecule has 23 heavy (non-hydrogen) atoms. The van der Waals surface area contributed by atoms with E-state index in [2.05, 4.69) is 6.92 Å². The lowest BCUT2D eigenvalue weighted by Gasteiger charge is -2.35. The highest BCUT2D eigenvalue weighted by atomic mass is 16.5. The molecule has 3 atom stereocenters. The number of para-hydroxylation sites is 2. The van der Waals surface area contributed by atoms with Gasteiger partial charge in [0, 0.05) is 19.0 Å². The number of fused-ring (bicyclic) bond motifs is 1. The van der Waals surface area contributed by atoms with Crippen molar-refractivity contribution < 1.29 is 19.0 Å². The van der Waals surface area contributed by atoms with Gasteiger partial charge in [-0.1, -0.05) is 19.1 Å². The van der Waals surface area contributed by atoms with Gasteiger partial charge in [-0.3, -0.25) is 4.79 Å². The largest absolute Gasteiger partial charge is 0.493 e. The highest BCUT2D eigenvalue weighted by Crippen LogP contribution is 2.35. The van der Waals surface area contributed by atoms with Crippen LogP contribution in [0.1, 0.15) is 19.8 Å². The molecule has 5 heteroatoms. The van der Waals surface area contributed by atoms with Crippen LogP contribution in [-0.2, 0) is 9.53 Å². The van der Waals surface area contributed by atoms with Crippen LogP contribution in [0.15, 0.2) is 24.3 Å². The van der Waals surface area contributed by atoms with Crippen LogP contribution >= 0.6 is 0 Å². The molecule has 0 unspecified atom stereocenters. The van der Waals surface area contributed by atoms with Crippen LogP contribution in [0.25, 0.3) is 0 Å². The van der Waals surface area contributed by atoms with E-state index in [1.54, 1.807) is 7.11 Å². The molecule has 126 valence electrons. The minimum atomic E-state index is 0.0364.